The number of carbonyl (C=O) groups is 1. The van der Waals surface area contributed by atoms with Crippen molar-refractivity contribution < 1.29 is 9.90 Å². The molecule has 38 heavy (non-hydrogen) atoms. The number of hydrogen-bond acceptors (Lipinski definition) is 8. The van der Waals surface area contributed by atoms with Crippen LogP contribution in [0.15, 0.2) is 48.7 Å². The smallest absolute Gasteiger partial charge is 0.252 e. The lowest BCUT2D eigenvalue weighted by Gasteiger charge is -2.41. The van der Waals surface area contributed by atoms with E-state index in [1.807, 2.05) is 18.2 Å². The van der Waals surface area contributed by atoms with Gasteiger partial charge in [0.05, 0.1) is 22.9 Å². The fraction of sp³-hybridized carbons (Fsp3) is 0.429. The molecule has 0 saturated carbocycles. The summed E-state index contributed by atoms with van der Waals surface area (Å²) in [6.45, 7) is 7.63. The van der Waals surface area contributed by atoms with Gasteiger partial charge in [-0.15, -0.1) is 0 Å². The second-order valence-corrected chi connectivity index (χ2v) is 10.4. The first-order chi connectivity index (χ1) is 18.4. The Hall–Kier alpha value is -3.43. The molecule has 0 bridgehead atoms. The number of pyridine rings is 1. The zero-order valence-electron chi connectivity index (χ0n) is 21.8. The van der Waals surface area contributed by atoms with Crippen molar-refractivity contribution in [2.75, 3.05) is 54.0 Å². The number of anilines is 3. The molecule has 3 aromatic rings. The summed E-state index contributed by atoms with van der Waals surface area (Å²) in [4.78, 5) is 33.6. The largest absolute Gasteiger partial charge is 0.395 e. The molecule has 5 rings (SSSR count). The fourth-order valence-corrected chi connectivity index (χ4v) is 5.52. The molecule has 2 aliphatic rings. The minimum atomic E-state index is -0.306. The van der Waals surface area contributed by atoms with Crippen molar-refractivity contribution in [3.05, 3.63) is 59.2 Å². The molecule has 10 heteroatoms. The Morgan fingerprint density at radius 2 is 1.89 bits per heavy atom. The normalized spacial score (nSPS) is 19.6. The predicted molar refractivity (Wildman–Crippen MR) is 151 cm³/mol. The van der Waals surface area contributed by atoms with E-state index in [4.69, 9.17) is 26.7 Å². The highest BCUT2D eigenvalue weighted by molar-refractivity contribution is 6.33. The SMILES string of the molecule is C[C@@H]1CN(c2ncc(C(=O)NCCO)cc2Cl)CCN1c1cc(-c2ccccc2)nc(N2CCC[C@H]2C)n1. The van der Waals surface area contributed by atoms with E-state index in [0.717, 1.165) is 49.0 Å². The highest BCUT2D eigenvalue weighted by Gasteiger charge is 2.29. The Kier molecular flexibility index (Phi) is 7.95. The van der Waals surface area contributed by atoms with Crippen LogP contribution < -0.4 is 20.0 Å². The van der Waals surface area contributed by atoms with Gasteiger partial charge in [0.1, 0.15) is 11.6 Å². The van der Waals surface area contributed by atoms with Crippen LogP contribution in [0.3, 0.4) is 0 Å². The first-order valence-electron chi connectivity index (χ1n) is 13.2. The van der Waals surface area contributed by atoms with Crippen LogP contribution >= 0.6 is 11.6 Å². The number of rotatable bonds is 7. The van der Waals surface area contributed by atoms with Crippen LogP contribution in [0.2, 0.25) is 5.02 Å². The van der Waals surface area contributed by atoms with Crippen molar-refractivity contribution in [3.8, 4) is 11.3 Å². The number of benzene rings is 1. The van der Waals surface area contributed by atoms with Crippen LogP contribution in [0.25, 0.3) is 11.3 Å². The van der Waals surface area contributed by atoms with Crippen molar-refractivity contribution in [1.82, 2.24) is 20.3 Å². The van der Waals surface area contributed by atoms with E-state index in [9.17, 15) is 4.79 Å². The molecule has 9 nitrogen and oxygen atoms in total. The van der Waals surface area contributed by atoms with Crippen LogP contribution in [-0.4, -0.2) is 77.4 Å². The molecule has 2 fully saturated rings. The second kappa shape index (κ2) is 11.5. The van der Waals surface area contributed by atoms with Crippen molar-refractivity contribution >= 4 is 35.1 Å². The van der Waals surface area contributed by atoms with E-state index in [-0.39, 0.29) is 25.1 Å². The minimum Gasteiger partial charge on any atom is -0.395 e. The third-order valence-corrected chi connectivity index (χ3v) is 7.56. The van der Waals surface area contributed by atoms with E-state index in [1.54, 1.807) is 6.07 Å². The quantitative estimate of drug-likeness (QED) is 0.473. The van der Waals surface area contributed by atoms with E-state index < -0.39 is 0 Å². The average molecular weight is 536 g/mol. The number of aromatic nitrogens is 3. The molecule has 2 aliphatic heterocycles. The number of nitrogens with one attached hydrogen (secondary N) is 1. The van der Waals surface area contributed by atoms with E-state index >= 15 is 0 Å². The summed E-state index contributed by atoms with van der Waals surface area (Å²) in [7, 11) is 0. The lowest BCUT2D eigenvalue weighted by Crippen LogP contribution is -2.53. The molecule has 1 amide bonds. The predicted octanol–water partition coefficient (Wildman–Crippen LogP) is 3.62. The molecule has 2 aromatic heterocycles. The lowest BCUT2D eigenvalue weighted by molar-refractivity contribution is 0.0944. The number of aliphatic hydroxyl groups excluding tert-OH is 1. The molecule has 0 radical (unpaired) electrons. The molecule has 200 valence electrons. The maximum atomic E-state index is 12.2. The summed E-state index contributed by atoms with van der Waals surface area (Å²) in [6.07, 6.45) is 3.84. The average Bonchev–Trinajstić information content (AvgIpc) is 3.37. The van der Waals surface area contributed by atoms with Gasteiger partial charge in [0.15, 0.2) is 0 Å². The van der Waals surface area contributed by atoms with Crippen LogP contribution in [0, 0.1) is 0 Å². The highest BCUT2D eigenvalue weighted by Crippen LogP contribution is 2.32. The summed E-state index contributed by atoms with van der Waals surface area (Å²) in [5.41, 5.74) is 2.38. The molecular formula is C28H34ClN7O2. The maximum absolute atomic E-state index is 12.2. The molecule has 0 aliphatic carbocycles. The number of hydrogen-bond donors (Lipinski definition) is 2. The van der Waals surface area contributed by atoms with Crippen molar-refractivity contribution in [1.29, 1.82) is 0 Å². The summed E-state index contributed by atoms with van der Waals surface area (Å²) >= 11 is 6.56. The zero-order chi connectivity index (χ0) is 26.6. The summed E-state index contributed by atoms with van der Waals surface area (Å²) in [6, 6.07) is 14.6. The van der Waals surface area contributed by atoms with Crippen LogP contribution in [-0.2, 0) is 0 Å². The standard InChI is InChI=1S/C28H34ClN7O2/c1-19-7-6-11-36(19)28-32-24(21-8-4-3-5-9-21)16-25(33-28)35-13-12-34(18-20(35)2)26-23(29)15-22(17-31-26)27(38)30-10-14-37/h3-5,8-9,15-17,19-20,37H,6-7,10-14,18H2,1-2H3,(H,30,38)/t19-,20-/m1/s1. The maximum Gasteiger partial charge on any atom is 0.252 e. The summed E-state index contributed by atoms with van der Waals surface area (Å²) in [5, 5.41) is 12.0. The van der Waals surface area contributed by atoms with Crippen LogP contribution in [0.5, 0.6) is 0 Å². The molecule has 4 heterocycles. The van der Waals surface area contributed by atoms with E-state index in [0.29, 0.717) is 35.5 Å². The molecule has 2 N–H and O–H groups in total. The van der Waals surface area contributed by atoms with Gasteiger partial charge in [-0.2, -0.15) is 4.98 Å². The fourth-order valence-electron chi connectivity index (χ4n) is 5.23. The van der Waals surface area contributed by atoms with Gasteiger partial charge in [-0.25, -0.2) is 9.97 Å². The Labute approximate surface area is 228 Å². The Balaban J connectivity index is 1.37. The van der Waals surface area contributed by atoms with E-state index in [1.165, 1.54) is 6.20 Å². The van der Waals surface area contributed by atoms with Crippen LogP contribution in [0.4, 0.5) is 17.6 Å². The van der Waals surface area contributed by atoms with Gasteiger partial charge in [-0.3, -0.25) is 4.79 Å². The molecule has 2 atom stereocenters. The summed E-state index contributed by atoms with van der Waals surface area (Å²) < 4.78 is 0. The number of amides is 1. The third-order valence-electron chi connectivity index (χ3n) is 7.28. The molecular weight excluding hydrogens is 502 g/mol. The highest BCUT2D eigenvalue weighted by atomic mass is 35.5. The second-order valence-electron chi connectivity index (χ2n) is 9.96. The van der Waals surface area contributed by atoms with Gasteiger partial charge >= 0.3 is 0 Å². The van der Waals surface area contributed by atoms with Crippen molar-refractivity contribution in [2.24, 2.45) is 0 Å². The number of piperazine rings is 1. The number of aliphatic hydroxyl groups is 1. The molecule has 0 spiro atoms. The number of halogens is 1. The van der Waals surface area contributed by atoms with Gasteiger partial charge in [-0.05, 0) is 32.8 Å². The zero-order valence-corrected chi connectivity index (χ0v) is 22.6. The van der Waals surface area contributed by atoms with Gasteiger partial charge in [0, 0.05) is 62.6 Å². The Morgan fingerprint density at radius 1 is 1.08 bits per heavy atom. The summed E-state index contributed by atoms with van der Waals surface area (Å²) in [5.74, 6) is 2.08. The van der Waals surface area contributed by atoms with Crippen molar-refractivity contribution in [2.45, 2.75) is 38.8 Å². The Bertz CT molecular complexity index is 1280. The molecule has 0 unspecified atom stereocenters. The lowest BCUT2D eigenvalue weighted by atomic mass is 10.1. The first-order valence-corrected chi connectivity index (χ1v) is 13.6. The Morgan fingerprint density at radius 3 is 2.58 bits per heavy atom. The van der Waals surface area contributed by atoms with Crippen molar-refractivity contribution in [3.63, 3.8) is 0 Å². The number of carbonyl (C=O) groups excluding carboxylic acids is 1. The molecule has 2 saturated heterocycles. The number of nitrogens with zero attached hydrogens (tertiary/aromatic N) is 6. The van der Waals surface area contributed by atoms with E-state index in [2.05, 4.69) is 57.0 Å². The van der Waals surface area contributed by atoms with Gasteiger partial charge in [0.25, 0.3) is 5.91 Å². The van der Waals surface area contributed by atoms with Gasteiger partial charge < -0.3 is 25.1 Å². The third kappa shape index (κ3) is 5.54. The minimum absolute atomic E-state index is 0.120. The van der Waals surface area contributed by atoms with Crippen LogP contribution in [0.1, 0.15) is 37.0 Å². The molecule has 1 aromatic carbocycles. The first kappa shape index (κ1) is 26.2. The monoisotopic (exact) mass is 535 g/mol. The van der Waals surface area contributed by atoms with Gasteiger partial charge in [-0.1, -0.05) is 41.9 Å². The topological polar surface area (TPSA) is 97.7 Å². The van der Waals surface area contributed by atoms with Gasteiger partial charge in [0.2, 0.25) is 5.95 Å².